The van der Waals surface area contributed by atoms with Crippen LogP contribution < -0.4 is 5.01 Å². The first-order valence-corrected chi connectivity index (χ1v) is 12.6. The van der Waals surface area contributed by atoms with Crippen LogP contribution in [0.1, 0.15) is 49.3 Å². The third-order valence-electron chi connectivity index (χ3n) is 7.88. The second-order valence-corrected chi connectivity index (χ2v) is 10.2. The van der Waals surface area contributed by atoms with Crippen molar-refractivity contribution in [2.75, 3.05) is 5.01 Å². The first-order chi connectivity index (χ1) is 17.9. The van der Waals surface area contributed by atoms with Crippen molar-refractivity contribution in [3.05, 3.63) is 113 Å². The molecule has 0 fully saturated rings. The summed E-state index contributed by atoms with van der Waals surface area (Å²) in [5, 5.41) is 15.8. The first-order valence-electron chi connectivity index (χ1n) is 12.6. The molecule has 4 atom stereocenters. The van der Waals surface area contributed by atoms with Gasteiger partial charge in [-0.1, -0.05) is 80.6 Å². The minimum atomic E-state index is -1.12. The van der Waals surface area contributed by atoms with E-state index in [9.17, 15) is 14.9 Å². The molecule has 3 aromatic rings. The minimum Gasteiger partial charge on any atom is -0.298 e. The molecule has 0 bridgehead atoms. The van der Waals surface area contributed by atoms with E-state index < -0.39 is 11.3 Å². The van der Waals surface area contributed by atoms with Gasteiger partial charge in [0.25, 0.3) is 5.91 Å². The number of nitrogens with zero attached hydrogens (tertiary/aromatic N) is 3. The summed E-state index contributed by atoms with van der Waals surface area (Å²) in [5.74, 6) is -0.892. The van der Waals surface area contributed by atoms with Crippen LogP contribution in [0.25, 0.3) is 0 Å². The molecule has 0 aromatic heterocycles. The molecule has 5 heteroatoms. The lowest BCUT2D eigenvalue weighted by Crippen LogP contribution is -2.53. The van der Waals surface area contributed by atoms with E-state index in [1.54, 1.807) is 12.1 Å². The standard InChI is InChI=1S/C32H29N3O2/c1-21(2)28-18-26(20-36)29(24-10-6-4-7-11-24)32(30(28)25-16-14-23(19-33)15-17-25)22(3)34-35(31(32)37)27-12-8-5-9-13-27/h4-18,20-21,28-30H,1-3H3/t28-,29-,30-,32+/m1/s1. The third-order valence-corrected chi connectivity index (χ3v) is 7.88. The van der Waals surface area contributed by atoms with Gasteiger partial charge in [0.05, 0.1) is 23.0 Å². The van der Waals surface area contributed by atoms with Gasteiger partial charge in [-0.25, -0.2) is 0 Å². The normalized spacial score (nSPS) is 25.1. The summed E-state index contributed by atoms with van der Waals surface area (Å²) in [6.45, 7) is 6.16. The van der Waals surface area contributed by atoms with Crippen molar-refractivity contribution in [1.82, 2.24) is 0 Å². The topological polar surface area (TPSA) is 73.5 Å². The highest BCUT2D eigenvalue weighted by atomic mass is 16.2. The van der Waals surface area contributed by atoms with Crippen LogP contribution in [-0.4, -0.2) is 17.9 Å². The monoisotopic (exact) mass is 487 g/mol. The van der Waals surface area contributed by atoms with Gasteiger partial charge in [0, 0.05) is 11.8 Å². The fourth-order valence-corrected chi connectivity index (χ4v) is 6.24. The lowest BCUT2D eigenvalue weighted by atomic mass is 9.50. The van der Waals surface area contributed by atoms with Crippen molar-refractivity contribution in [3.8, 4) is 6.07 Å². The summed E-state index contributed by atoms with van der Waals surface area (Å²) in [6.07, 6.45) is 2.98. The van der Waals surface area contributed by atoms with Crippen molar-refractivity contribution >= 4 is 23.6 Å². The molecule has 0 N–H and O–H groups in total. The van der Waals surface area contributed by atoms with Crippen molar-refractivity contribution in [2.45, 2.75) is 32.6 Å². The van der Waals surface area contributed by atoms with E-state index >= 15 is 0 Å². The number of nitriles is 1. The number of anilines is 1. The largest absolute Gasteiger partial charge is 0.298 e. The van der Waals surface area contributed by atoms with E-state index in [1.165, 1.54) is 5.01 Å². The number of hydrogen-bond acceptors (Lipinski definition) is 4. The molecular formula is C32H29N3O2. The summed E-state index contributed by atoms with van der Waals surface area (Å²) in [4.78, 5) is 27.5. The number of rotatable bonds is 5. The summed E-state index contributed by atoms with van der Waals surface area (Å²) < 4.78 is 0. The van der Waals surface area contributed by atoms with Gasteiger partial charge in [-0.15, -0.1) is 0 Å². The van der Waals surface area contributed by atoms with Crippen LogP contribution in [-0.2, 0) is 9.59 Å². The number of carbonyl (C=O) groups is 2. The van der Waals surface area contributed by atoms with Crippen LogP contribution in [0.5, 0.6) is 0 Å². The Morgan fingerprint density at radius 3 is 2.14 bits per heavy atom. The van der Waals surface area contributed by atoms with Crippen LogP contribution in [0.2, 0.25) is 0 Å². The average molecular weight is 488 g/mol. The molecule has 0 radical (unpaired) electrons. The van der Waals surface area contributed by atoms with E-state index in [-0.39, 0.29) is 23.7 Å². The predicted octanol–water partition coefficient (Wildman–Crippen LogP) is 6.25. The highest BCUT2D eigenvalue weighted by Crippen LogP contribution is 2.61. The van der Waals surface area contributed by atoms with E-state index in [0.717, 1.165) is 17.4 Å². The van der Waals surface area contributed by atoms with Crippen LogP contribution in [0.4, 0.5) is 5.69 Å². The molecule has 0 saturated heterocycles. The van der Waals surface area contributed by atoms with Crippen LogP contribution >= 0.6 is 0 Å². The molecule has 1 spiro atoms. The molecule has 37 heavy (non-hydrogen) atoms. The Morgan fingerprint density at radius 1 is 0.946 bits per heavy atom. The lowest BCUT2D eigenvalue weighted by Gasteiger charge is -2.50. The van der Waals surface area contributed by atoms with Crippen molar-refractivity contribution in [2.24, 2.45) is 22.4 Å². The highest BCUT2D eigenvalue weighted by Gasteiger charge is 2.64. The molecule has 3 aromatic carbocycles. The number of aldehydes is 1. The number of hydrogen-bond donors (Lipinski definition) is 0. The van der Waals surface area contributed by atoms with Gasteiger partial charge in [-0.05, 0) is 59.7 Å². The molecule has 0 saturated carbocycles. The van der Waals surface area contributed by atoms with E-state index in [0.29, 0.717) is 22.5 Å². The van der Waals surface area contributed by atoms with Gasteiger partial charge < -0.3 is 0 Å². The van der Waals surface area contributed by atoms with Gasteiger partial charge in [-0.3, -0.25) is 9.59 Å². The zero-order valence-corrected chi connectivity index (χ0v) is 21.2. The highest BCUT2D eigenvalue weighted by molar-refractivity contribution is 6.21. The predicted molar refractivity (Wildman–Crippen MR) is 145 cm³/mol. The molecule has 1 aliphatic heterocycles. The maximum absolute atomic E-state index is 14.8. The maximum atomic E-state index is 14.8. The Morgan fingerprint density at radius 2 is 1.57 bits per heavy atom. The zero-order chi connectivity index (χ0) is 26.2. The van der Waals surface area contributed by atoms with E-state index in [1.807, 2.05) is 79.7 Å². The second-order valence-electron chi connectivity index (χ2n) is 10.2. The van der Waals surface area contributed by atoms with E-state index in [4.69, 9.17) is 5.10 Å². The number of allylic oxidation sites excluding steroid dienone is 2. The smallest absolute Gasteiger partial charge is 0.260 e. The molecule has 1 heterocycles. The Hall–Kier alpha value is -4.30. The lowest BCUT2D eigenvalue weighted by molar-refractivity contribution is -0.126. The summed E-state index contributed by atoms with van der Waals surface area (Å²) in [7, 11) is 0. The quantitative estimate of drug-likeness (QED) is 0.400. The second kappa shape index (κ2) is 9.63. The van der Waals surface area contributed by atoms with Crippen LogP contribution in [0.3, 0.4) is 0 Å². The molecule has 1 aliphatic carbocycles. The Kier molecular flexibility index (Phi) is 6.35. The molecule has 1 amide bonds. The number of carbonyl (C=O) groups excluding carboxylic acids is 2. The average Bonchev–Trinajstić information content (AvgIpc) is 3.19. The molecule has 5 rings (SSSR count). The molecule has 184 valence electrons. The van der Waals surface area contributed by atoms with Gasteiger partial charge >= 0.3 is 0 Å². The van der Waals surface area contributed by atoms with Crippen LogP contribution in [0, 0.1) is 28.6 Å². The summed E-state index contributed by atoms with van der Waals surface area (Å²) in [5.41, 5.74) is 3.28. The number of hydrazone groups is 1. The Labute approximate surface area is 217 Å². The van der Waals surface area contributed by atoms with Gasteiger partial charge in [0.1, 0.15) is 11.7 Å². The molecule has 0 unspecified atom stereocenters. The Balaban J connectivity index is 1.83. The van der Waals surface area contributed by atoms with Gasteiger partial charge in [-0.2, -0.15) is 15.4 Å². The minimum absolute atomic E-state index is 0.0991. The fraction of sp³-hybridized carbons (Fsp3) is 0.250. The Bertz CT molecular complexity index is 1420. The van der Waals surface area contributed by atoms with Crippen molar-refractivity contribution < 1.29 is 9.59 Å². The van der Waals surface area contributed by atoms with Crippen LogP contribution in [0.15, 0.2) is 102 Å². The van der Waals surface area contributed by atoms with E-state index in [2.05, 4.69) is 26.0 Å². The van der Waals surface area contributed by atoms with Gasteiger partial charge in [0.15, 0.2) is 0 Å². The number of amides is 1. The maximum Gasteiger partial charge on any atom is 0.260 e. The number of benzene rings is 3. The molecule has 5 nitrogen and oxygen atoms in total. The first kappa shape index (κ1) is 24.4. The third kappa shape index (κ3) is 3.81. The summed E-state index contributed by atoms with van der Waals surface area (Å²) in [6, 6.07) is 28.9. The molecular weight excluding hydrogens is 458 g/mol. The van der Waals surface area contributed by atoms with Crippen molar-refractivity contribution in [1.29, 1.82) is 5.26 Å². The fourth-order valence-electron chi connectivity index (χ4n) is 6.24. The summed E-state index contributed by atoms with van der Waals surface area (Å²) >= 11 is 0. The molecule has 2 aliphatic rings. The van der Waals surface area contributed by atoms with Crippen molar-refractivity contribution in [3.63, 3.8) is 0 Å². The zero-order valence-electron chi connectivity index (χ0n) is 21.2. The SMILES string of the molecule is CC1=NN(c2ccccc2)C(=O)[C@@]12[C@H](c1ccc(C#N)cc1)[C@@H](C(C)C)C=C(C=O)[C@H]2c1ccccc1. The van der Waals surface area contributed by atoms with Gasteiger partial charge in [0.2, 0.25) is 0 Å². The number of para-hydroxylation sites is 1.